The Bertz CT molecular complexity index is 749. The standard InChI is InChI=1S/C23H37N3O5S/c1-6-8-13-24-20(28)19(16-9-11-17(27)12-10-16)26(14-7-2)21(29)18(15-32)25-22(30)31-23(3,4)5/h9-12,18-19,27,32H,6-8,13-15H2,1-5H3,(H,24,28)(H,25,30). The summed E-state index contributed by atoms with van der Waals surface area (Å²) in [6.07, 6.45) is 1.61. The third-order valence-electron chi connectivity index (χ3n) is 4.52. The minimum atomic E-state index is -0.970. The maximum Gasteiger partial charge on any atom is 0.408 e. The molecule has 0 saturated carbocycles. The highest BCUT2D eigenvalue weighted by Gasteiger charge is 2.35. The quantitative estimate of drug-likeness (QED) is 0.295. The number of hydrogen-bond acceptors (Lipinski definition) is 6. The molecule has 9 heteroatoms. The van der Waals surface area contributed by atoms with Gasteiger partial charge in [-0.3, -0.25) is 9.59 Å². The number of aromatic hydroxyl groups is 1. The van der Waals surface area contributed by atoms with E-state index in [-0.39, 0.29) is 17.4 Å². The van der Waals surface area contributed by atoms with Crippen LogP contribution in [-0.4, -0.2) is 58.4 Å². The van der Waals surface area contributed by atoms with E-state index in [0.29, 0.717) is 25.1 Å². The number of carbonyl (C=O) groups excluding carboxylic acids is 3. The zero-order valence-corrected chi connectivity index (χ0v) is 20.6. The molecule has 3 amide bonds. The number of nitrogens with one attached hydrogen (secondary N) is 2. The predicted molar refractivity (Wildman–Crippen MR) is 128 cm³/mol. The van der Waals surface area contributed by atoms with Crippen molar-refractivity contribution in [1.82, 2.24) is 15.5 Å². The summed E-state index contributed by atoms with van der Waals surface area (Å²) in [5.41, 5.74) is -0.153. The number of unbranched alkanes of at least 4 members (excludes halogenated alkanes) is 1. The Hall–Kier alpha value is -2.42. The molecule has 0 aliphatic rings. The molecule has 180 valence electrons. The van der Waals surface area contributed by atoms with Crippen LogP contribution in [0.1, 0.15) is 65.5 Å². The smallest absolute Gasteiger partial charge is 0.408 e. The molecule has 1 aromatic carbocycles. The van der Waals surface area contributed by atoms with Crippen LogP contribution < -0.4 is 10.6 Å². The van der Waals surface area contributed by atoms with Crippen molar-refractivity contribution in [3.8, 4) is 5.75 Å². The second-order valence-electron chi connectivity index (χ2n) is 8.55. The van der Waals surface area contributed by atoms with Crippen LogP contribution in [0.3, 0.4) is 0 Å². The van der Waals surface area contributed by atoms with Gasteiger partial charge >= 0.3 is 6.09 Å². The van der Waals surface area contributed by atoms with Gasteiger partial charge in [0.15, 0.2) is 0 Å². The molecule has 2 atom stereocenters. The fourth-order valence-corrected chi connectivity index (χ4v) is 3.30. The molecule has 0 heterocycles. The highest BCUT2D eigenvalue weighted by atomic mass is 32.1. The van der Waals surface area contributed by atoms with Gasteiger partial charge in [-0.05, 0) is 51.3 Å². The number of rotatable bonds is 11. The lowest BCUT2D eigenvalue weighted by Gasteiger charge is -2.34. The second-order valence-corrected chi connectivity index (χ2v) is 8.92. The molecule has 0 fully saturated rings. The molecule has 0 saturated heterocycles. The van der Waals surface area contributed by atoms with Crippen molar-refractivity contribution in [2.45, 2.75) is 71.6 Å². The van der Waals surface area contributed by atoms with Crippen LogP contribution in [0.4, 0.5) is 4.79 Å². The lowest BCUT2D eigenvalue weighted by atomic mass is 10.0. The molecule has 3 N–H and O–H groups in total. The van der Waals surface area contributed by atoms with Crippen molar-refractivity contribution in [2.75, 3.05) is 18.8 Å². The third kappa shape index (κ3) is 8.98. The number of phenolic OH excluding ortho intramolecular Hbond substituents is 1. The Morgan fingerprint density at radius 2 is 1.75 bits per heavy atom. The fourth-order valence-electron chi connectivity index (χ4n) is 3.06. The maximum absolute atomic E-state index is 13.5. The number of phenols is 1. The number of alkyl carbamates (subject to hydrolysis) is 1. The van der Waals surface area contributed by atoms with E-state index in [1.165, 1.54) is 17.0 Å². The van der Waals surface area contributed by atoms with Crippen LogP contribution in [0.25, 0.3) is 0 Å². The summed E-state index contributed by atoms with van der Waals surface area (Å²) in [6.45, 7) is 9.91. The lowest BCUT2D eigenvalue weighted by Crippen LogP contribution is -2.54. The van der Waals surface area contributed by atoms with Gasteiger partial charge in [-0.1, -0.05) is 32.4 Å². The number of amides is 3. The Kier molecular flexibility index (Phi) is 11.4. The minimum absolute atomic E-state index is 0.0397. The molecule has 1 aromatic rings. The van der Waals surface area contributed by atoms with Gasteiger partial charge in [0.05, 0.1) is 0 Å². The minimum Gasteiger partial charge on any atom is -0.508 e. The molecule has 32 heavy (non-hydrogen) atoms. The van der Waals surface area contributed by atoms with Crippen LogP contribution in [-0.2, 0) is 14.3 Å². The van der Waals surface area contributed by atoms with Gasteiger partial charge in [0.25, 0.3) is 0 Å². The Morgan fingerprint density at radius 1 is 1.12 bits per heavy atom. The van der Waals surface area contributed by atoms with Crippen LogP contribution in [0, 0.1) is 0 Å². The summed E-state index contributed by atoms with van der Waals surface area (Å²) in [5, 5.41) is 15.1. The summed E-state index contributed by atoms with van der Waals surface area (Å²) < 4.78 is 5.27. The first-order valence-corrected chi connectivity index (χ1v) is 11.6. The SMILES string of the molecule is CCCCNC(=O)C(c1ccc(O)cc1)N(CCC)C(=O)C(CS)NC(=O)OC(C)(C)C. The monoisotopic (exact) mass is 467 g/mol. The summed E-state index contributed by atoms with van der Waals surface area (Å²) in [7, 11) is 0. The first kappa shape index (κ1) is 27.6. The second kappa shape index (κ2) is 13.2. The van der Waals surface area contributed by atoms with Crippen molar-refractivity contribution < 1.29 is 24.2 Å². The Labute approximate surface area is 196 Å². The number of ether oxygens (including phenoxy) is 1. The van der Waals surface area contributed by atoms with Crippen LogP contribution in [0.2, 0.25) is 0 Å². The maximum atomic E-state index is 13.5. The Morgan fingerprint density at radius 3 is 2.25 bits per heavy atom. The van der Waals surface area contributed by atoms with Gasteiger partial charge < -0.3 is 25.4 Å². The van der Waals surface area contributed by atoms with Crippen molar-refractivity contribution in [2.24, 2.45) is 0 Å². The van der Waals surface area contributed by atoms with Crippen molar-refractivity contribution in [1.29, 1.82) is 0 Å². The van der Waals surface area contributed by atoms with Gasteiger partial charge in [0.2, 0.25) is 11.8 Å². The summed E-state index contributed by atoms with van der Waals surface area (Å²) >= 11 is 4.24. The summed E-state index contributed by atoms with van der Waals surface area (Å²) in [4.78, 5) is 40.3. The molecule has 1 rings (SSSR count). The van der Waals surface area contributed by atoms with Gasteiger partial charge in [0, 0.05) is 18.8 Å². The van der Waals surface area contributed by atoms with E-state index in [1.807, 2.05) is 13.8 Å². The molecule has 8 nitrogen and oxygen atoms in total. The first-order chi connectivity index (χ1) is 15.0. The van der Waals surface area contributed by atoms with E-state index >= 15 is 0 Å². The van der Waals surface area contributed by atoms with Gasteiger partial charge in [-0.2, -0.15) is 12.6 Å². The molecule has 0 spiro atoms. The zero-order chi connectivity index (χ0) is 24.3. The lowest BCUT2D eigenvalue weighted by molar-refractivity contribution is -0.142. The number of hydrogen-bond donors (Lipinski definition) is 4. The van der Waals surface area contributed by atoms with Gasteiger partial charge in [0.1, 0.15) is 23.4 Å². The highest BCUT2D eigenvalue weighted by molar-refractivity contribution is 7.80. The van der Waals surface area contributed by atoms with Crippen LogP contribution in [0.15, 0.2) is 24.3 Å². The average Bonchev–Trinajstić information content (AvgIpc) is 2.71. The topological polar surface area (TPSA) is 108 Å². The fraction of sp³-hybridized carbons (Fsp3) is 0.609. The van der Waals surface area contributed by atoms with Crippen molar-refractivity contribution >= 4 is 30.5 Å². The van der Waals surface area contributed by atoms with Crippen molar-refractivity contribution in [3.63, 3.8) is 0 Å². The molecular formula is C23H37N3O5S. The van der Waals surface area contributed by atoms with Crippen LogP contribution >= 0.6 is 12.6 Å². The molecule has 0 aliphatic carbocycles. The predicted octanol–water partition coefficient (Wildman–Crippen LogP) is 3.41. The van der Waals surface area contributed by atoms with Gasteiger partial charge in [-0.25, -0.2) is 4.79 Å². The van der Waals surface area contributed by atoms with E-state index in [4.69, 9.17) is 4.74 Å². The average molecular weight is 468 g/mol. The van der Waals surface area contributed by atoms with E-state index in [0.717, 1.165) is 12.8 Å². The number of nitrogens with zero attached hydrogens (tertiary/aromatic N) is 1. The molecule has 2 unspecified atom stereocenters. The third-order valence-corrected chi connectivity index (χ3v) is 4.88. The van der Waals surface area contributed by atoms with E-state index in [9.17, 15) is 19.5 Å². The number of benzene rings is 1. The first-order valence-electron chi connectivity index (χ1n) is 11.0. The zero-order valence-electron chi connectivity index (χ0n) is 19.7. The van der Waals surface area contributed by atoms with E-state index in [1.54, 1.807) is 32.9 Å². The van der Waals surface area contributed by atoms with Gasteiger partial charge in [-0.15, -0.1) is 0 Å². The summed E-state index contributed by atoms with van der Waals surface area (Å²) in [5.74, 6) is -0.650. The molecule has 0 aromatic heterocycles. The molecule has 0 bridgehead atoms. The molecule has 0 radical (unpaired) electrons. The molecule has 0 aliphatic heterocycles. The highest BCUT2D eigenvalue weighted by Crippen LogP contribution is 2.25. The number of thiol groups is 1. The number of carbonyl (C=O) groups is 3. The van der Waals surface area contributed by atoms with Crippen LogP contribution in [0.5, 0.6) is 5.75 Å². The summed E-state index contributed by atoms with van der Waals surface area (Å²) in [6, 6.07) is 4.31. The molecular weight excluding hydrogens is 430 g/mol. The van der Waals surface area contributed by atoms with E-state index < -0.39 is 29.7 Å². The normalized spacial score (nSPS) is 13.1. The Balaban J connectivity index is 3.23. The van der Waals surface area contributed by atoms with E-state index in [2.05, 4.69) is 23.3 Å². The van der Waals surface area contributed by atoms with Crippen molar-refractivity contribution in [3.05, 3.63) is 29.8 Å². The largest absolute Gasteiger partial charge is 0.508 e.